The largest absolute Gasteiger partial charge is 0.391 e. The van der Waals surface area contributed by atoms with E-state index in [-0.39, 0.29) is 12.1 Å². The van der Waals surface area contributed by atoms with Gasteiger partial charge >= 0.3 is 0 Å². The molecule has 1 N–H and O–H groups in total. The summed E-state index contributed by atoms with van der Waals surface area (Å²) in [6.07, 6.45) is 6.36. The first kappa shape index (κ1) is 14.6. The molecule has 21 heavy (non-hydrogen) atoms. The fourth-order valence-electron chi connectivity index (χ4n) is 3.88. The van der Waals surface area contributed by atoms with Crippen molar-refractivity contribution in [2.45, 2.75) is 64.5 Å². The van der Waals surface area contributed by atoms with Crippen molar-refractivity contribution in [2.75, 3.05) is 0 Å². The van der Waals surface area contributed by atoms with Crippen LogP contribution < -0.4 is 0 Å². The van der Waals surface area contributed by atoms with Gasteiger partial charge in [-0.25, -0.2) is 4.98 Å². The highest BCUT2D eigenvalue weighted by atomic mass is 16.3. The molecule has 0 amide bonds. The Morgan fingerprint density at radius 3 is 2.81 bits per heavy atom. The van der Waals surface area contributed by atoms with Gasteiger partial charge in [0.25, 0.3) is 0 Å². The first-order chi connectivity index (χ1) is 10.2. The van der Waals surface area contributed by atoms with Gasteiger partial charge < -0.3 is 9.67 Å². The van der Waals surface area contributed by atoms with E-state index in [0.717, 1.165) is 36.5 Å². The number of aliphatic hydroxyl groups is 1. The Bertz CT molecular complexity index is 604. The second-order valence-corrected chi connectivity index (χ2v) is 6.34. The molecule has 3 heteroatoms. The van der Waals surface area contributed by atoms with Gasteiger partial charge in [-0.2, -0.15) is 0 Å². The molecule has 0 aliphatic heterocycles. The maximum absolute atomic E-state index is 10.6. The third-order valence-corrected chi connectivity index (χ3v) is 4.90. The van der Waals surface area contributed by atoms with Crippen molar-refractivity contribution in [3.8, 4) is 0 Å². The molecule has 3 rings (SSSR count). The highest BCUT2D eigenvalue weighted by molar-refractivity contribution is 5.76. The minimum Gasteiger partial charge on any atom is -0.391 e. The van der Waals surface area contributed by atoms with Crippen molar-refractivity contribution >= 4 is 11.0 Å². The predicted molar refractivity (Wildman–Crippen MR) is 86.4 cm³/mol. The molecule has 0 radical (unpaired) electrons. The van der Waals surface area contributed by atoms with E-state index in [1.165, 1.54) is 24.8 Å². The van der Waals surface area contributed by atoms with E-state index in [1.54, 1.807) is 0 Å². The first-order valence-corrected chi connectivity index (χ1v) is 8.38. The molecule has 1 aliphatic carbocycles. The molecule has 3 atom stereocenters. The highest BCUT2D eigenvalue weighted by Crippen LogP contribution is 2.37. The highest BCUT2D eigenvalue weighted by Gasteiger charge is 2.32. The van der Waals surface area contributed by atoms with Crippen LogP contribution >= 0.6 is 0 Å². The summed E-state index contributed by atoms with van der Waals surface area (Å²) in [5, 5.41) is 10.6. The van der Waals surface area contributed by atoms with E-state index in [4.69, 9.17) is 4.98 Å². The van der Waals surface area contributed by atoms with Gasteiger partial charge in [0.05, 0.1) is 23.2 Å². The summed E-state index contributed by atoms with van der Waals surface area (Å²) in [6, 6.07) is 8.51. The molecule has 0 saturated heterocycles. The Morgan fingerprint density at radius 1 is 1.24 bits per heavy atom. The maximum Gasteiger partial charge on any atom is 0.109 e. The van der Waals surface area contributed by atoms with Gasteiger partial charge in [-0.3, -0.25) is 0 Å². The molecular formula is C18H26N2O. The molecule has 0 spiro atoms. The third kappa shape index (κ3) is 2.71. The molecule has 1 heterocycles. The Balaban J connectivity index is 2.01. The number of imidazole rings is 1. The molecule has 3 nitrogen and oxygen atoms in total. The predicted octanol–water partition coefficient (Wildman–Crippen LogP) is 4.10. The molecule has 1 aromatic heterocycles. The van der Waals surface area contributed by atoms with Crippen molar-refractivity contribution in [1.82, 2.24) is 9.55 Å². The van der Waals surface area contributed by atoms with Crippen LogP contribution in [0, 0.1) is 5.92 Å². The zero-order valence-corrected chi connectivity index (χ0v) is 13.1. The van der Waals surface area contributed by atoms with Crippen molar-refractivity contribution < 1.29 is 5.11 Å². The summed E-state index contributed by atoms with van der Waals surface area (Å²) in [5.74, 6) is 1.85. The van der Waals surface area contributed by atoms with Gasteiger partial charge in [0, 0.05) is 6.42 Å². The van der Waals surface area contributed by atoms with Crippen LogP contribution in [0.5, 0.6) is 0 Å². The van der Waals surface area contributed by atoms with Gasteiger partial charge in [-0.15, -0.1) is 0 Å². The average molecular weight is 286 g/mol. The number of benzene rings is 1. The molecule has 1 saturated carbocycles. The van der Waals surface area contributed by atoms with Crippen molar-refractivity contribution in [2.24, 2.45) is 5.92 Å². The summed E-state index contributed by atoms with van der Waals surface area (Å²) < 4.78 is 2.32. The molecule has 2 aromatic rings. The molecule has 1 aliphatic rings. The van der Waals surface area contributed by atoms with Crippen molar-refractivity contribution in [1.29, 1.82) is 0 Å². The Morgan fingerprint density at radius 2 is 2.05 bits per heavy atom. The number of fused-ring (bicyclic) bond motifs is 1. The van der Waals surface area contributed by atoms with Gasteiger partial charge in [0.1, 0.15) is 5.82 Å². The van der Waals surface area contributed by atoms with Crippen molar-refractivity contribution in [3.05, 3.63) is 30.1 Å². The Labute approximate surface area is 127 Å². The standard InChI is InChI=1S/C18H26N2O/c1-3-7-13-10-11-17(21)16(12-13)20-15-9-6-5-8-14(15)19-18(20)4-2/h5-6,8-9,13,16-17,21H,3-4,7,10-12H2,1-2H3. The summed E-state index contributed by atoms with van der Waals surface area (Å²) in [7, 11) is 0. The number of hydrogen-bond donors (Lipinski definition) is 1. The van der Waals surface area contributed by atoms with Crippen LogP contribution in [-0.4, -0.2) is 20.8 Å². The zero-order chi connectivity index (χ0) is 14.8. The zero-order valence-electron chi connectivity index (χ0n) is 13.1. The molecule has 0 bridgehead atoms. The Hall–Kier alpha value is -1.35. The fourth-order valence-corrected chi connectivity index (χ4v) is 3.88. The number of aryl methyl sites for hydroxylation is 1. The van der Waals surface area contributed by atoms with E-state index in [1.807, 2.05) is 6.07 Å². The SMILES string of the molecule is CCCC1CCC(O)C(n2c(CC)nc3ccccc32)C1. The lowest BCUT2D eigenvalue weighted by Gasteiger charge is -2.35. The number of hydrogen-bond acceptors (Lipinski definition) is 2. The number of nitrogens with zero attached hydrogens (tertiary/aromatic N) is 2. The number of para-hydroxylation sites is 2. The first-order valence-electron chi connectivity index (χ1n) is 8.38. The summed E-state index contributed by atoms with van der Waals surface area (Å²) >= 11 is 0. The van der Waals surface area contributed by atoms with Crippen LogP contribution in [0.1, 0.15) is 57.8 Å². The average Bonchev–Trinajstić information content (AvgIpc) is 2.88. The number of rotatable bonds is 4. The normalized spacial score (nSPS) is 26.3. The molecule has 3 unspecified atom stereocenters. The van der Waals surface area contributed by atoms with Crippen LogP contribution in [0.2, 0.25) is 0 Å². The van der Waals surface area contributed by atoms with Crippen LogP contribution in [0.25, 0.3) is 11.0 Å². The van der Waals surface area contributed by atoms with Crippen LogP contribution in [0.4, 0.5) is 0 Å². The summed E-state index contributed by atoms with van der Waals surface area (Å²) in [5.41, 5.74) is 2.23. The minimum atomic E-state index is -0.235. The minimum absolute atomic E-state index is 0.192. The smallest absolute Gasteiger partial charge is 0.109 e. The maximum atomic E-state index is 10.6. The van der Waals surface area contributed by atoms with E-state index in [0.29, 0.717) is 0 Å². The van der Waals surface area contributed by atoms with Gasteiger partial charge in [-0.05, 0) is 37.3 Å². The molecular weight excluding hydrogens is 260 g/mol. The Kier molecular flexibility index (Phi) is 4.29. The van der Waals surface area contributed by atoms with Gasteiger partial charge in [0.2, 0.25) is 0 Å². The molecule has 1 aromatic carbocycles. The van der Waals surface area contributed by atoms with Crippen LogP contribution in [0.3, 0.4) is 0 Å². The quantitative estimate of drug-likeness (QED) is 0.919. The van der Waals surface area contributed by atoms with Gasteiger partial charge in [-0.1, -0.05) is 38.8 Å². The van der Waals surface area contributed by atoms with Gasteiger partial charge in [0.15, 0.2) is 0 Å². The van der Waals surface area contributed by atoms with E-state index in [9.17, 15) is 5.11 Å². The third-order valence-electron chi connectivity index (χ3n) is 4.90. The molecule has 1 fully saturated rings. The second-order valence-electron chi connectivity index (χ2n) is 6.34. The monoisotopic (exact) mass is 286 g/mol. The van der Waals surface area contributed by atoms with Crippen LogP contribution in [0.15, 0.2) is 24.3 Å². The lowest BCUT2D eigenvalue weighted by molar-refractivity contribution is 0.0527. The van der Waals surface area contributed by atoms with E-state index in [2.05, 4.69) is 36.6 Å². The topological polar surface area (TPSA) is 38.0 Å². The second kappa shape index (κ2) is 6.18. The lowest BCUT2D eigenvalue weighted by atomic mass is 9.81. The van der Waals surface area contributed by atoms with Crippen LogP contribution in [-0.2, 0) is 6.42 Å². The van der Waals surface area contributed by atoms with E-state index < -0.39 is 0 Å². The molecule has 114 valence electrons. The number of aromatic nitrogens is 2. The van der Waals surface area contributed by atoms with E-state index >= 15 is 0 Å². The number of aliphatic hydroxyl groups excluding tert-OH is 1. The lowest BCUT2D eigenvalue weighted by Crippen LogP contribution is -2.32. The summed E-state index contributed by atoms with van der Waals surface area (Å²) in [4.78, 5) is 4.76. The fraction of sp³-hybridized carbons (Fsp3) is 0.611. The summed E-state index contributed by atoms with van der Waals surface area (Å²) in [6.45, 7) is 4.40. The van der Waals surface area contributed by atoms with Crippen molar-refractivity contribution in [3.63, 3.8) is 0 Å².